The molecular formula is C34H39ClN2O7. The number of aryl methyl sites for hydroxylation is 2. The molecule has 2 aliphatic rings. The van der Waals surface area contributed by atoms with Crippen molar-refractivity contribution in [3.05, 3.63) is 81.9 Å². The monoisotopic (exact) mass is 622 g/mol. The standard InChI is InChI=1S/C34H39ClN2O7/c1-4-21-15-25(35)16-22(5-2)32(21)36-30(38)19-37-18-27(24-9-12-28-29(17-24)44-20-43-28)31(34(39)40)33(37)23-7-10-26(11-8-23)42-14-6-13-41-3/h7-12,15-17,27,31,33H,4-6,13-14,18-20H2,1-3H3,(H,36,38)(H,39,40)/t27-,31-,33+/m1/s1. The van der Waals surface area contributed by atoms with Crippen LogP contribution in [-0.2, 0) is 27.2 Å². The Morgan fingerprint density at radius 1 is 0.977 bits per heavy atom. The molecule has 10 heteroatoms. The van der Waals surface area contributed by atoms with Crippen molar-refractivity contribution in [2.45, 2.75) is 45.1 Å². The van der Waals surface area contributed by atoms with Gasteiger partial charge in [-0.2, -0.15) is 0 Å². The van der Waals surface area contributed by atoms with Gasteiger partial charge in [0, 0.05) is 49.4 Å². The van der Waals surface area contributed by atoms with E-state index in [9.17, 15) is 14.7 Å². The van der Waals surface area contributed by atoms with E-state index in [-0.39, 0.29) is 19.2 Å². The molecule has 234 valence electrons. The van der Waals surface area contributed by atoms with E-state index in [0.29, 0.717) is 54.9 Å². The second-order valence-corrected chi connectivity index (χ2v) is 11.5. The third-order valence-corrected chi connectivity index (χ3v) is 8.55. The van der Waals surface area contributed by atoms with Crippen molar-refractivity contribution < 1.29 is 33.6 Å². The third kappa shape index (κ3) is 6.96. The predicted molar refractivity (Wildman–Crippen MR) is 168 cm³/mol. The molecule has 2 heterocycles. The van der Waals surface area contributed by atoms with Crippen LogP contribution < -0.4 is 19.5 Å². The lowest BCUT2D eigenvalue weighted by Crippen LogP contribution is -2.35. The molecule has 0 spiro atoms. The van der Waals surface area contributed by atoms with E-state index in [1.807, 2.05) is 73.3 Å². The number of likely N-dealkylation sites (tertiary alicyclic amines) is 1. The number of nitrogens with one attached hydrogen (secondary N) is 1. The molecule has 2 aliphatic heterocycles. The minimum atomic E-state index is -0.931. The Morgan fingerprint density at radius 2 is 1.66 bits per heavy atom. The summed E-state index contributed by atoms with van der Waals surface area (Å²) in [7, 11) is 1.65. The quantitative estimate of drug-likeness (QED) is 0.221. The minimum Gasteiger partial charge on any atom is -0.494 e. The number of hydrogen-bond acceptors (Lipinski definition) is 7. The van der Waals surface area contributed by atoms with Crippen LogP contribution in [-0.4, -0.2) is 62.1 Å². The second kappa shape index (κ2) is 14.3. The number of carbonyl (C=O) groups is 2. The summed E-state index contributed by atoms with van der Waals surface area (Å²) in [4.78, 5) is 28.6. The van der Waals surface area contributed by atoms with Crippen molar-refractivity contribution in [2.24, 2.45) is 5.92 Å². The zero-order valence-corrected chi connectivity index (χ0v) is 26.1. The first-order chi connectivity index (χ1) is 21.3. The first-order valence-electron chi connectivity index (χ1n) is 15.0. The number of nitrogens with zero attached hydrogens (tertiary/aromatic N) is 1. The highest BCUT2D eigenvalue weighted by Gasteiger charge is 2.48. The minimum absolute atomic E-state index is 0.0136. The largest absolute Gasteiger partial charge is 0.494 e. The summed E-state index contributed by atoms with van der Waals surface area (Å²) < 4.78 is 22.0. The highest BCUT2D eigenvalue weighted by molar-refractivity contribution is 6.30. The summed E-state index contributed by atoms with van der Waals surface area (Å²) in [6.07, 6.45) is 2.18. The summed E-state index contributed by atoms with van der Waals surface area (Å²) >= 11 is 6.34. The summed E-state index contributed by atoms with van der Waals surface area (Å²) in [6.45, 7) is 5.67. The highest BCUT2D eigenvalue weighted by Crippen LogP contribution is 2.48. The van der Waals surface area contributed by atoms with Gasteiger partial charge in [0.25, 0.3) is 0 Å². The molecule has 0 bridgehead atoms. The average Bonchev–Trinajstić information content (AvgIpc) is 3.64. The predicted octanol–water partition coefficient (Wildman–Crippen LogP) is 6.09. The van der Waals surface area contributed by atoms with Gasteiger partial charge in [-0.25, -0.2) is 0 Å². The van der Waals surface area contributed by atoms with E-state index in [4.69, 9.17) is 30.5 Å². The molecule has 0 saturated carbocycles. The van der Waals surface area contributed by atoms with Gasteiger partial charge in [0.2, 0.25) is 12.7 Å². The smallest absolute Gasteiger partial charge is 0.309 e. The number of hydrogen-bond donors (Lipinski definition) is 2. The number of fused-ring (bicyclic) bond motifs is 1. The molecule has 0 aromatic heterocycles. The van der Waals surface area contributed by atoms with E-state index < -0.39 is 23.8 Å². The highest BCUT2D eigenvalue weighted by atomic mass is 35.5. The second-order valence-electron chi connectivity index (χ2n) is 11.1. The number of aliphatic carboxylic acids is 1. The Labute approximate surface area is 263 Å². The molecular weight excluding hydrogens is 584 g/mol. The molecule has 3 aromatic carbocycles. The SMILES string of the molecule is CCc1cc(Cl)cc(CC)c1NC(=O)CN1C[C@H](c2ccc3c(c2)OCO3)[C@@H](C(=O)O)[C@@H]1c1ccc(OCCCOC)cc1. The zero-order valence-electron chi connectivity index (χ0n) is 25.3. The van der Waals surface area contributed by atoms with Crippen LogP contribution >= 0.6 is 11.6 Å². The van der Waals surface area contributed by atoms with Gasteiger partial charge < -0.3 is 29.4 Å². The molecule has 1 fully saturated rings. The molecule has 1 amide bonds. The van der Waals surface area contributed by atoms with Crippen molar-refractivity contribution in [1.29, 1.82) is 0 Å². The average molecular weight is 623 g/mol. The number of halogens is 1. The third-order valence-electron chi connectivity index (χ3n) is 8.33. The first kappa shape index (κ1) is 31.6. The van der Waals surface area contributed by atoms with Crippen molar-refractivity contribution in [3.8, 4) is 17.2 Å². The molecule has 2 N–H and O–H groups in total. The van der Waals surface area contributed by atoms with Gasteiger partial charge in [-0.15, -0.1) is 0 Å². The molecule has 3 atom stereocenters. The topological polar surface area (TPSA) is 107 Å². The van der Waals surface area contributed by atoms with E-state index >= 15 is 0 Å². The fourth-order valence-electron chi connectivity index (χ4n) is 6.23. The fourth-order valence-corrected chi connectivity index (χ4v) is 6.50. The zero-order chi connectivity index (χ0) is 31.2. The molecule has 0 unspecified atom stereocenters. The van der Waals surface area contributed by atoms with Crippen molar-refractivity contribution >= 4 is 29.2 Å². The lowest BCUT2D eigenvalue weighted by Gasteiger charge is -2.27. The van der Waals surface area contributed by atoms with Crippen LogP contribution in [0.2, 0.25) is 5.02 Å². The van der Waals surface area contributed by atoms with Crippen molar-refractivity contribution in [3.63, 3.8) is 0 Å². The number of carbonyl (C=O) groups excluding carboxylic acids is 1. The Kier molecular flexibility index (Phi) is 10.3. The Hall–Kier alpha value is -3.79. The van der Waals surface area contributed by atoms with Crippen LogP contribution in [0.4, 0.5) is 5.69 Å². The number of anilines is 1. The number of methoxy groups -OCH3 is 1. The van der Waals surface area contributed by atoms with Crippen molar-refractivity contribution in [2.75, 3.05) is 45.5 Å². The molecule has 1 saturated heterocycles. The first-order valence-corrected chi connectivity index (χ1v) is 15.4. The Morgan fingerprint density at radius 3 is 2.32 bits per heavy atom. The van der Waals surface area contributed by atoms with Gasteiger partial charge in [-0.3, -0.25) is 14.5 Å². The molecule has 44 heavy (non-hydrogen) atoms. The maximum atomic E-state index is 13.7. The lowest BCUT2D eigenvalue weighted by molar-refractivity contribution is -0.143. The Balaban J connectivity index is 1.45. The van der Waals surface area contributed by atoms with Gasteiger partial charge in [-0.1, -0.05) is 43.6 Å². The van der Waals surface area contributed by atoms with Crippen molar-refractivity contribution in [1.82, 2.24) is 4.90 Å². The molecule has 3 aromatic rings. The van der Waals surface area contributed by atoms with E-state index in [2.05, 4.69) is 5.32 Å². The normalized spacial score (nSPS) is 19.2. The maximum Gasteiger partial charge on any atom is 0.309 e. The maximum absolute atomic E-state index is 13.7. The number of amides is 1. The number of benzene rings is 3. The number of carboxylic acid groups (broad SMARTS) is 1. The fraction of sp³-hybridized carbons (Fsp3) is 0.412. The summed E-state index contributed by atoms with van der Waals surface area (Å²) in [5.74, 6) is -0.434. The number of rotatable bonds is 13. The van der Waals surface area contributed by atoms with Gasteiger partial charge in [0.15, 0.2) is 11.5 Å². The molecule has 9 nitrogen and oxygen atoms in total. The van der Waals surface area contributed by atoms with Gasteiger partial charge in [-0.05, 0) is 71.5 Å². The summed E-state index contributed by atoms with van der Waals surface area (Å²) in [5, 5.41) is 14.4. The summed E-state index contributed by atoms with van der Waals surface area (Å²) in [6, 6.07) is 16.2. The molecule has 5 rings (SSSR count). The number of ether oxygens (including phenoxy) is 4. The molecule has 0 radical (unpaired) electrons. The van der Waals surface area contributed by atoms with E-state index in [0.717, 1.165) is 34.4 Å². The van der Waals surface area contributed by atoms with Crippen LogP contribution in [0, 0.1) is 5.92 Å². The van der Waals surface area contributed by atoms with E-state index in [1.54, 1.807) is 7.11 Å². The van der Waals surface area contributed by atoms with Gasteiger partial charge in [0.1, 0.15) is 5.75 Å². The number of carboxylic acids is 1. The molecule has 0 aliphatic carbocycles. The van der Waals surface area contributed by atoms with E-state index in [1.165, 1.54) is 0 Å². The Bertz CT molecular complexity index is 1450. The van der Waals surface area contributed by atoms with Gasteiger partial charge in [0.05, 0.1) is 19.1 Å². The van der Waals surface area contributed by atoms with Crippen LogP contribution in [0.3, 0.4) is 0 Å². The van der Waals surface area contributed by atoms with Crippen LogP contribution in [0.25, 0.3) is 0 Å². The summed E-state index contributed by atoms with van der Waals surface area (Å²) in [5.41, 5.74) is 4.32. The van der Waals surface area contributed by atoms with Crippen LogP contribution in [0.5, 0.6) is 17.2 Å². The van der Waals surface area contributed by atoms with Crippen LogP contribution in [0.1, 0.15) is 54.5 Å². The van der Waals surface area contributed by atoms with Gasteiger partial charge >= 0.3 is 5.97 Å². The van der Waals surface area contributed by atoms with Crippen LogP contribution in [0.15, 0.2) is 54.6 Å². The lowest BCUT2D eigenvalue weighted by atomic mass is 9.82.